The highest BCUT2D eigenvalue weighted by Crippen LogP contribution is 2.64. The van der Waals surface area contributed by atoms with E-state index in [0.29, 0.717) is 6.04 Å². The summed E-state index contributed by atoms with van der Waals surface area (Å²) in [5.74, 6) is 0.229. The van der Waals surface area contributed by atoms with Gasteiger partial charge in [0.2, 0.25) is 0 Å². The molecule has 0 bridgehead atoms. The van der Waals surface area contributed by atoms with Gasteiger partial charge in [-0.05, 0) is 50.4 Å². The molecule has 1 amide bonds. The number of anilines is 1. The highest BCUT2D eigenvalue weighted by atomic mass is 16.2. The Balaban J connectivity index is 1.83. The second kappa shape index (κ2) is 4.27. The average Bonchev–Trinajstić information content (AvgIpc) is 3.13. The van der Waals surface area contributed by atoms with E-state index in [1.165, 1.54) is 24.9 Å². The molecule has 0 unspecified atom stereocenters. The van der Waals surface area contributed by atoms with Crippen molar-refractivity contribution in [1.82, 2.24) is 4.90 Å². The molecular formula is C20H24N2O. The second-order valence-corrected chi connectivity index (χ2v) is 7.79. The third-order valence-corrected chi connectivity index (χ3v) is 7.11. The number of hydrogen-bond donors (Lipinski definition) is 0. The summed E-state index contributed by atoms with van der Waals surface area (Å²) >= 11 is 0. The Kier molecular flexibility index (Phi) is 2.56. The van der Waals surface area contributed by atoms with Gasteiger partial charge >= 0.3 is 0 Å². The van der Waals surface area contributed by atoms with Crippen LogP contribution in [-0.4, -0.2) is 37.0 Å². The normalized spacial score (nSPS) is 38.2. The van der Waals surface area contributed by atoms with Crippen molar-refractivity contribution in [2.45, 2.75) is 44.1 Å². The van der Waals surface area contributed by atoms with Gasteiger partial charge in [0.05, 0.1) is 0 Å². The number of hydrogen-bond acceptors (Lipinski definition) is 2. The standard InChI is InChI=1S/C20H24N2O/c1-3-19-9-6-11-22-12-10-20(18(19)22)14-7-4-5-8-16(14)21(2)17(23)15(20)13-19/h4-5,7-8,13,18H,3,6,9-12H2,1-2H3/t18-,19-,20-/m0/s1. The first-order valence-corrected chi connectivity index (χ1v) is 8.99. The molecule has 1 aliphatic carbocycles. The van der Waals surface area contributed by atoms with Gasteiger partial charge in [-0.1, -0.05) is 31.2 Å². The van der Waals surface area contributed by atoms with Crippen LogP contribution in [0.25, 0.3) is 0 Å². The van der Waals surface area contributed by atoms with E-state index in [0.717, 1.165) is 30.6 Å². The van der Waals surface area contributed by atoms with Gasteiger partial charge in [0.1, 0.15) is 0 Å². The molecule has 0 saturated carbocycles. The van der Waals surface area contributed by atoms with E-state index in [4.69, 9.17) is 0 Å². The molecule has 3 atom stereocenters. The number of fused-ring (bicyclic) bond motifs is 1. The van der Waals surface area contributed by atoms with Crippen molar-refractivity contribution in [3.63, 3.8) is 0 Å². The van der Waals surface area contributed by atoms with Crippen LogP contribution in [-0.2, 0) is 10.2 Å². The molecule has 3 heterocycles. The van der Waals surface area contributed by atoms with Gasteiger partial charge in [0, 0.05) is 35.2 Å². The molecule has 23 heavy (non-hydrogen) atoms. The van der Waals surface area contributed by atoms with Crippen LogP contribution in [0.1, 0.15) is 38.2 Å². The zero-order valence-corrected chi connectivity index (χ0v) is 14.0. The number of rotatable bonds is 1. The van der Waals surface area contributed by atoms with E-state index in [-0.39, 0.29) is 16.7 Å². The summed E-state index contributed by atoms with van der Waals surface area (Å²) in [4.78, 5) is 17.7. The molecule has 3 nitrogen and oxygen atoms in total. The predicted molar refractivity (Wildman–Crippen MR) is 91.5 cm³/mol. The predicted octanol–water partition coefficient (Wildman–Crippen LogP) is 3.11. The molecule has 1 spiro atoms. The SMILES string of the molecule is CC[C@@]12C=C3C(=O)N(C)c4ccccc4[C@@]34CCN(CCC1)[C@@H]24. The Morgan fingerprint density at radius 3 is 2.87 bits per heavy atom. The lowest BCUT2D eigenvalue weighted by molar-refractivity contribution is -0.115. The minimum Gasteiger partial charge on any atom is -0.311 e. The van der Waals surface area contributed by atoms with Crippen LogP contribution in [0, 0.1) is 5.41 Å². The van der Waals surface area contributed by atoms with Crippen LogP contribution in [0.5, 0.6) is 0 Å². The lowest BCUT2D eigenvalue weighted by Crippen LogP contribution is -2.55. The third kappa shape index (κ3) is 1.39. The van der Waals surface area contributed by atoms with E-state index < -0.39 is 0 Å². The van der Waals surface area contributed by atoms with E-state index in [1.807, 2.05) is 11.9 Å². The van der Waals surface area contributed by atoms with E-state index in [2.05, 4.69) is 42.2 Å². The van der Waals surface area contributed by atoms with Crippen molar-refractivity contribution >= 4 is 11.6 Å². The van der Waals surface area contributed by atoms with Crippen molar-refractivity contribution in [3.05, 3.63) is 41.5 Å². The maximum atomic E-state index is 13.2. The maximum Gasteiger partial charge on any atom is 0.254 e. The zero-order chi connectivity index (χ0) is 15.8. The largest absolute Gasteiger partial charge is 0.311 e. The van der Waals surface area contributed by atoms with Gasteiger partial charge in [-0.15, -0.1) is 0 Å². The van der Waals surface area contributed by atoms with Gasteiger partial charge in [-0.3, -0.25) is 9.69 Å². The molecule has 0 N–H and O–H groups in total. The molecule has 1 aromatic carbocycles. The van der Waals surface area contributed by atoms with Crippen molar-refractivity contribution in [3.8, 4) is 0 Å². The monoisotopic (exact) mass is 308 g/mol. The number of piperidine rings is 1. The lowest BCUT2D eigenvalue weighted by Gasteiger charge is -2.49. The molecule has 5 rings (SSSR count). The lowest BCUT2D eigenvalue weighted by atomic mass is 9.63. The Morgan fingerprint density at radius 1 is 1.22 bits per heavy atom. The summed E-state index contributed by atoms with van der Waals surface area (Å²) in [6, 6.07) is 9.09. The van der Waals surface area contributed by atoms with Crippen LogP contribution >= 0.6 is 0 Å². The van der Waals surface area contributed by atoms with Gasteiger partial charge in [-0.25, -0.2) is 0 Å². The summed E-state index contributed by atoms with van der Waals surface area (Å²) < 4.78 is 0. The van der Waals surface area contributed by atoms with Gasteiger partial charge in [-0.2, -0.15) is 0 Å². The van der Waals surface area contributed by atoms with E-state index in [9.17, 15) is 4.79 Å². The number of carbonyl (C=O) groups is 1. The third-order valence-electron chi connectivity index (χ3n) is 7.11. The summed E-state index contributed by atoms with van der Waals surface area (Å²) in [5, 5.41) is 0. The Morgan fingerprint density at radius 2 is 2.04 bits per heavy atom. The number of carbonyl (C=O) groups excluding carboxylic acids is 1. The first kappa shape index (κ1) is 13.8. The molecule has 0 aromatic heterocycles. The zero-order valence-electron chi connectivity index (χ0n) is 14.0. The summed E-state index contributed by atoms with van der Waals surface area (Å²) in [6.45, 7) is 4.64. The Labute approximate surface area is 138 Å². The molecule has 4 aliphatic rings. The summed E-state index contributed by atoms with van der Waals surface area (Å²) in [6.07, 6.45) is 7.13. The molecule has 2 saturated heterocycles. The fourth-order valence-electron chi connectivity index (χ4n) is 6.18. The Bertz CT molecular complexity index is 739. The highest BCUT2D eigenvalue weighted by molar-refractivity contribution is 6.11. The van der Waals surface area contributed by atoms with Crippen LogP contribution < -0.4 is 4.90 Å². The molecule has 120 valence electrons. The summed E-state index contributed by atoms with van der Waals surface area (Å²) in [7, 11) is 1.93. The molecule has 3 heteroatoms. The smallest absolute Gasteiger partial charge is 0.254 e. The number of likely N-dealkylation sites (N-methyl/N-ethyl adjacent to an activating group) is 1. The highest BCUT2D eigenvalue weighted by Gasteiger charge is 2.66. The number of benzene rings is 1. The molecule has 1 aromatic rings. The number of para-hydroxylation sites is 1. The number of nitrogens with zero attached hydrogens (tertiary/aromatic N) is 2. The van der Waals surface area contributed by atoms with Crippen LogP contribution in [0.3, 0.4) is 0 Å². The van der Waals surface area contributed by atoms with Gasteiger partial charge < -0.3 is 4.90 Å². The number of amides is 1. The van der Waals surface area contributed by atoms with Gasteiger partial charge in [0.15, 0.2) is 0 Å². The molecule has 2 fully saturated rings. The van der Waals surface area contributed by atoms with Crippen LogP contribution in [0.15, 0.2) is 35.9 Å². The van der Waals surface area contributed by atoms with Crippen molar-refractivity contribution < 1.29 is 4.79 Å². The minimum atomic E-state index is -0.0589. The first-order chi connectivity index (χ1) is 11.1. The van der Waals surface area contributed by atoms with Crippen molar-refractivity contribution in [2.75, 3.05) is 25.0 Å². The summed E-state index contributed by atoms with van der Waals surface area (Å²) in [5.41, 5.74) is 3.73. The Hall–Kier alpha value is -1.61. The average molecular weight is 308 g/mol. The van der Waals surface area contributed by atoms with Crippen molar-refractivity contribution in [2.24, 2.45) is 5.41 Å². The van der Waals surface area contributed by atoms with E-state index >= 15 is 0 Å². The second-order valence-electron chi connectivity index (χ2n) is 7.79. The fraction of sp³-hybridized carbons (Fsp3) is 0.550. The van der Waals surface area contributed by atoms with Gasteiger partial charge in [0.25, 0.3) is 5.91 Å². The van der Waals surface area contributed by atoms with Crippen molar-refractivity contribution in [1.29, 1.82) is 0 Å². The van der Waals surface area contributed by atoms with Crippen LogP contribution in [0.4, 0.5) is 5.69 Å². The molecule has 0 radical (unpaired) electrons. The topological polar surface area (TPSA) is 23.6 Å². The molecule has 3 aliphatic heterocycles. The first-order valence-electron chi connectivity index (χ1n) is 8.99. The molecular weight excluding hydrogens is 284 g/mol. The fourth-order valence-corrected chi connectivity index (χ4v) is 6.18. The minimum absolute atomic E-state index is 0.0589. The van der Waals surface area contributed by atoms with Crippen LogP contribution in [0.2, 0.25) is 0 Å². The maximum absolute atomic E-state index is 13.2. The van der Waals surface area contributed by atoms with E-state index in [1.54, 1.807) is 0 Å². The quantitative estimate of drug-likeness (QED) is 0.796.